The van der Waals surface area contributed by atoms with E-state index in [1.807, 2.05) is 0 Å². The first-order chi connectivity index (χ1) is 9.65. The van der Waals surface area contributed by atoms with E-state index >= 15 is 0 Å². The van der Waals surface area contributed by atoms with E-state index in [4.69, 9.17) is 0 Å². The first-order valence-electron chi connectivity index (χ1n) is 8.07. The Morgan fingerprint density at radius 1 is 1.20 bits per heavy atom. The molecular formula is C19H29N. The summed E-state index contributed by atoms with van der Waals surface area (Å²) in [6.07, 6.45) is 7.50. The highest BCUT2D eigenvalue weighted by Crippen LogP contribution is 2.20. The summed E-state index contributed by atoms with van der Waals surface area (Å²) in [4.78, 5) is 2.62. The Labute approximate surface area is 124 Å². The van der Waals surface area contributed by atoms with E-state index in [2.05, 4.69) is 56.0 Å². The second kappa shape index (κ2) is 7.64. The van der Waals surface area contributed by atoms with Crippen LogP contribution in [0.3, 0.4) is 0 Å². The van der Waals surface area contributed by atoms with Crippen molar-refractivity contribution in [1.29, 1.82) is 0 Å². The van der Waals surface area contributed by atoms with Crippen molar-refractivity contribution in [2.45, 2.75) is 53.0 Å². The molecule has 0 bridgehead atoms. The standard InChI is InChI=1S/C19H29N/c1-16(2)7-6-8-17(3)11-13-20-14-12-18-9-4-5-10-19(18)15-20/h4-5,7,9-10,17H,6,8,11-15H2,1-3H3. The predicted molar refractivity (Wildman–Crippen MR) is 87.9 cm³/mol. The lowest BCUT2D eigenvalue weighted by Gasteiger charge is -2.29. The number of hydrogen-bond donors (Lipinski definition) is 0. The van der Waals surface area contributed by atoms with Crippen LogP contribution in [0.15, 0.2) is 35.9 Å². The quantitative estimate of drug-likeness (QED) is 0.671. The van der Waals surface area contributed by atoms with Crippen LogP contribution >= 0.6 is 0 Å². The third kappa shape index (κ3) is 4.79. The maximum absolute atomic E-state index is 2.62. The van der Waals surface area contributed by atoms with Crippen molar-refractivity contribution in [2.24, 2.45) is 5.92 Å². The minimum atomic E-state index is 0.836. The highest BCUT2D eigenvalue weighted by Gasteiger charge is 2.15. The number of nitrogens with zero attached hydrogens (tertiary/aromatic N) is 1. The molecule has 20 heavy (non-hydrogen) atoms. The summed E-state index contributed by atoms with van der Waals surface area (Å²) in [7, 11) is 0. The molecule has 0 amide bonds. The molecule has 0 saturated carbocycles. The van der Waals surface area contributed by atoms with Gasteiger partial charge in [0.2, 0.25) is 0 Å². The second-order valence-electron chi connectivity index (χ2n) is 6.55. The van der Waals surface area contributed by atoms with Gasteiger partial charge in [-0.05, 0) is 63.1 Å². The average Bonchev–Trinajstić information content (AvgIpc) is 2.44. The average molecular weight is 271 g/mol. The van der Waals surface area contributed by atoms with Crippen LogP contribution in [0.1, 0.15) is 51.2 Å². The van der Waals surface area contributed by atoms with E-state index in [1.165, 1.54) is 49.9 Å². The fourth-order valence-electron chi connectivity index (χ4n) is 2.95. The molecule has 1 unspecified atom stereocenters. The third-order valence-electron chi connectivity index (χ3n) is 4.36. The van der Waals surface area contributed by atoms with Gasteiger partial charge in [-0.25, -0.2) is 0 Å². The van der Waals surface area contributed by atoms with Gasteiger partial charge in [-0.15, -0.1) is 0 Å². The van der Waals surface area contributed by atoms with Gasteiger partial charge in [0.05, 0.1) is 0 Å². The van der Waals surface area contributed by atoms with E-state index in [-0.39, 0.29) is 0 Å². The molecule has 0 saturated heterocycles. The van der Waals surface area contributed by atoms with Crippen molar-refractivity contribution in [3.05, 3.63) is 47.0 Å². The smallest absolute Gasteiger partial charge is 0.0236 e. The zero-order chi connectivity index (χ0) is 14.4. The molecule has 0 aliphatic carbocycles. The molecule has 0 spiro atoms. The van der Waals surface area contributed by atoms with Gasteiger partial charge in [0.25, 0.3) is 0 Å². The molecule has 1 heteroatoms. The van der Waals surface area contributed by atoms with E-state index < -0.39 is 0 Å². The number of allylic oxidation sites excluding steroid dienone is 2. The SMILES string of the molecule is CC(C)=CCCC(C)CCN1CCc2ccccc2C1. The molecule has 1 aliphatic heterocycles. The van der Waals surface area contributed by atoms with Crippen LogP contribution in [0, 0.1) is 5.92 Å². The van der Waals surface area contributed by atoms with Gasteiger partial charge in [-0.3, -0.25) is 4.90 Å². The molecule has 110 valence electrons. The zero-order valence-corrected chi connectivity index (χ0v) is 13.4. The van der Waals surface area contributed by atoms with Crippen molar-refractivity contribution >= 4 is 0 Å². The van der Waals surface area contributed by atoms with Crippen LogP contribution in [0.2, 0.25) is 0 Å². The summed E-state index contributed by atoms with van der Waals surface area (Å²) in [6.45, 7) is 10.4. The lowest BCUT2D eigenvalue weighted by Crippen LogP contribution is -2.32. The van der Waals surface area contributed by atoms with Gasteiger partial charge < -0.3 is 0 Å². The van der Waals surface area contributed by atoms with E-state index in [0.29, 0.717) is 0 Å². The normalized spacial score (nSPS) is 16.6. The molecule has 1 aromatic rings. The summed E-state index contributed by atoms with van der Waals surface area (Å²) in [5.41, 5.74) is 4.54. The second-order valence-corrected chi connectivity index (χ2v) is 6.55. The van der Waals surface area contributed by atoms with Crippen LogP contribution in [0.4, 0.5) is 0 Å². The third-order valence-corrected chi connectivity index (χ3v) is 4.36. The molecule has 1 heterocycles. The summed E-state index contributed by atoms with van der Waals surface area (Å²) in [5.74, 6) is 0.836. The first-order valence-corrected chi connectivity index (χ1v) is 8.07. The van der Waals surface area contributed by atoms with Gasteiger partial charge in [0.15, 0.2) is 0 Å². The summed E-state index contributed by atoms with van der Waals surface area (Å²) < 4.78 is 0. The summed E-state index contributed by atoms with van der Waals surface area (Å²) >= 11 is 0. The van der Waals surface area contributed by atoms with Crippen molar-refractivity contribution < 1.29 is 0 Å². The van der Waals surface area contributed by atoms with Crippen LogP contribution in [0.25, 0.3) is 0 Å². The minimum Gasteiger partial charge on any atom is -0.299 e. The Kier molecular flexibility index (Phi) is 5.85. The van der Waals surface area contributed by atoms with E-state index in [1.54, 1.807) is 5.56 Å². The fourth-order valence-corrected chi connectivity index (χ4v) is 2.95. The Morgan fingerprint density at radius 2 is 1.95 bits per heavy atom. The molecule has 1 nitrogen and oxygen atoms in total. The first kappa shape index (κ1) is 15.3. The molecule has 0 aromatic heterocycles. The Morgan fingerprint density at radius 3 is 2.70 bits per heavy atom. The van der Waals surface area contributed by atoms with Crippen molar-refractivity contribution in [3.63, 3.8) is 0 Å². The highest BCUT2D eigenvalue weighted by molar-refractivity contribution is 5.28. The molecule has 2 rings (SSSR count). The lowest BCUT2D eigenvalue weighted by atomic mass is 9.97. The fraction of sp³-hybridized carbons (Fsp3) is 0.579. The Balaban J connectivity index is 1.72. The number of rotatable bonds is 6. The van der Waals surface area contributed by atoms with Gasteiger partial charge in [0.1, 0.15) is 0 Å². The Hall–Kier alpha value is -1.08. The van der Waals surface area contributed by atoms with Gasteiger partial charge in [-0.1, -0.05) is 42.8 Å². The minimum absolute atomic E-state index is 0.836. The molecule has 0 fully saturated rings. The zero-order valence-electron chi connectivity index (χ0n) is 13.4. The van der Waals surface area contributed by atoms with Gasteiger partial charge in [-0.2, -0.15) is 0 Å². The van der Waals surface area contributed by atoms with Crippen LogP contribution in [0.5, 0.6) is 0 Å². The van der Waals surface area contributed by atoms with Crippen LogP contribution in [-0.2, 0) is 13.0 Å². The maximum atomic E-state index is 2.62. The van der Waals surface area contributed by atoms with E-state index in [9.17, 15) is 0 Å². The maximum Gasteiger partial charge on any atom is 0.0236 e. The monoisotopic (exact) mass is 271 g/mol. The Bertz CT molecular complexity index is 443. The van der Waals surface area contributed by atoms with Crippen molar-refractivity contribution in [3.8, 4) is 0 Å². The highest BCUT2D eigenvalue weighted by atomic mass is 15.1. The molecule has 0 N–H and O–H groups in total. The lowest BCUT2D eigenvalue weighted by molar-refractivity contribution is 0.234. The van der Waals surface area contributed by atoms with Gasteiger partial charge in [0, 0.05) is 13.1 Å². The van der Waals surface area contributed by atoms with Crippen molar-refractivity contribution in [1.82, 2.24) is 4.90 Å². The summed E-state index contributed by atoms with van der Waals surface area (Å²) in [5, 5.41) is 0. The summed E-state index contributed by atoms with van der Waals surface area (Å²) in [6, 6.07) is 8.92. The number of benzene rings is 1. The van der Waals surface area contributed by atoms with Crippen LogP contribution in [-0.4, -0.2) is 18.0 Å². The topological polar surface area (TPSA) is 3.24 Å². The number of fused-ring (bicyclic) bond motifs is 1. The van der Waals surface area contributed by atoms with Gasteiger partial charge >= 0.3 is 0 Å². The molecule has 1 atom stereocenters. The predicted octanol–water partition coefficient (Wildman–Crippen LogP) is 4.82. The molecule has 1 aliphatic rings. The number of hydrogen-bond acceptors (Lipinski definition) is 1. The molecule has 0 radical (unpaired) electrons. The molecular weight excluding hydrogens is 242 g/mol. The molecule has 1 aromatic carbocycles. The van der Waals surface area contributed by atoms with Crippen molar-refractivity contribution in [2.75, 3.05) is 13.1 Å². The largest absolute Gasteiger partial charge is 0.299 e. The van der Waals surface area contributed by atoms with E-state index in [0.717, 1.165) is 12.5 Å². The van der Waals surface area contributed by atoms with Crippen LogP contribution < -0.4 is 0 Å².